The monoisotopic (exact) mass is 244 g/mol. The van der Waals surface area contributed by atoms with Crippen LogP contribution < -0.4 is 11.3 Å². The number of benzene rings is 1. The second-order valence-electron chi connectivity index (χ2n) is 3.49. The van der Waals surface area contributed by atoms with Gasteiger partial charge >= 0.3 is 0 Å². The Morgan fingerprint density at radius 3 is 2.83 bits per heavy atom. The summed E-state index contributed by atoms with van der Waals surface area (Å²) in [5.41, 5.74) is 3.03. The van der Waals surface area contributed by atoms with E-state index in [1.165, 1.54) is 4.80 Å². The molecule has 7 nitrogen and oxygen atoms in total. The van der Waals surface area contributed by atoms with Gasteiger partial charge in [0.25, 0.3) is 5.91 Å². The van der Waals surface area contributed by atoms with E-state index in [9.17, 15) is 4.79 Å². The van der Waals surface area contributed by atoms with Crippen LogP contribution in [-0.2, 0) is 11.3 Å². The smallest absolute Gasteiger partial charge is 0.257 e. The highest BCUT2D eigenvalue weighted by molar-refractivity contribution is 5.74. The van der Waals surface area contributed by atoms with E-state index in [0.29, 0.717) is 5.82 Å². The van der Waals surface area contributed by atoms with Crippen LogP contribution in [0.1, 0.15) is 11.4 Å². The lowest BCUT2D eigenvalue weighted by Crippen LogP contribution is -2.33. The average molecular weight is 244 g/mol. The van der Waals surface area contributed by atoms with Gasteiger partial charge in [0.15, 0.2) is 5.82 Å². The maximum Gasteiger partial charge on any atom is 0.257 e. The van der Waals surface area contributed by atoms with Crippen molar-refractivity contribution in [2.75, 3.05) is 0 Å². The molecule has 0 fully saturated rings. The van der Waals surface area contributed by atoms with Crippen molar-refractivity contribution in [3.8, 4) is 0 Å². The summed E-state index contributed by atoms with van der Waals surface area (Å²) in [4.78, 5) is 12.2. The third-order valence-electron chi connectivity index (χ3n) is 2.14. The molecule has 7 heteroatoms. The molecular weight excluding hydrogens is 232 g/mol. The van der Waals surface area contributed by atoms with Gasteiger partial charge in [-0.25, -0.2) is 5.84 Å². The number of hydrogen-bond acceptors (Lipinski definition) is 5. The Labute approximate surface area is 103 Å². The van der Waals surface area contributed by atoms with Crippen molar-refractivity contribution in [1.82, 2.24) is 25.6 Å². The topological polar surface area (TPSA) is 98.7 Å². The first-order valence-corrected chi connectivity index (χ1v) is 5.28. The van der Waals surface area contributed by atoms with Crippen molar-refractivity contribution >= 4 is 18.1 Å². The Morgan fingerprint density at radius 2 is 2.11 bits per heavy atom. The molecule has 0 bridgehead atoms. The second-order valence-corrected chi connectivity index (χ2v) is 3.49. The minimum absolute atomic E-state index is 0.0529. The Morgan fingerprint density at radius 1 is 1.33 bits per heavy atom. The maximum atomic E-state index is 11.0. The van der Waals surface area contributed by atoms with Crippen molar-refractivity contribution in [1.29, 1.82) is 0 Å². The first kappa shape index (κ1) is 11.9. The van der Waals surface area contributed by atoms with E-state index in [0.717, 1.165) is 5.56 Å². The Balaban J connectivity index is 2.03. The predicted octanol–water partition coefficient (Wildman–Crippen LogP) is -0.167. The standard InChI is InChI=1S/C11H12N6O/c12-13-11(18)8-17-15-10(14-16-17)7-6-9-4-2-1-3-5-9/h1-7H,8,12H2,(H,13,18)/b7-6+. The molecule has 0 atom stereocenters. The van der Waals surface area contributed by atoms with E-state index in [1.807, 2.05) is 41.8 Å². The predicted molar refractivity (Wildman–Crippen MR) is 65.5 cm³/mol. The number of hydrazine groups is 1. The van der Waals surface area contributed by atoms with Crippen molar-refractivity contribution in [2.45, 2.75) is 6.54 Å². The lowest BCUT2D eigenvalue weighted by Gasteiger charge is -1.95. The molecule has 0 spiro atoms. The molecule has 92 valence electrons. The first-order chi connectivity index (χ1) is 8.78. The summed E-state index contributed by atoms with van der Waals surface area (Å²) in [6, 6.07) is 9.74. The molecule has 0 aliphatic rings. The third-order valence-corrected chi connectivity index (χ3v) is 2.14. The minimum atomic E-state index is -0.383. The lowest BCUT2D eigenvalue weighted by atomic mass is 10.2. The van der Waals surface area contributed by atoms with E-state index >= 15 is 0 Å². The van der Waals surface area contributed by atoms with Crippen molar-refractivity contribution < 1.29 is 4.79 Å². The number of aromatic nitrogens is 4. The fraction of sp³-hybridized carbons (Fsp3) is 0.0909. The second kappa shape index (κ2) is 5.69. The molecule has 1 aromatic carbocycles. The molecule has 18 heavy (non-hydrogen) atoms. The number of amides is 1. The van der Waals surface area contributed by atoms with Gasteiger partial charge in [-0.05, 0) is 16.9 Å². The van der Waals surface area contributed by atoms with Crippen LogP contribution in [0, 0.1) is 0 Å². The van der Waals surface area contributed by atoms with Crippen molar-refractivity contribution in [2.24, 2.45) is 5.84 Å². The minimum Gasteiger partial charge on any atom is -0.293 e. The number of carbonyl (C=O) groups is 1. The van der Waals surface area contributed by atoms with Crippen LogP contribution in [0.3, 0.4) is 0 Å². The van der Waals surface area contributed by atoms with Crippen LogP contribution in [0.2, 0.25) is 0 Å². The SMILES string of the molecule is NNC(=O)Cn1nnc(/C=C/c2ccccc2)n1. The van der Waals surface area contributed by atoms with Crippen LogP contribution >= 0.6 is 0 Å². The van der Waals surface area contributed by atoms with E-state index in [1.54, 1.807) is 6.08 Å². The highest BCUT2D eigenvalue weighted by Crippen LogP contribution is 2.03. The maximum absolute atomic E-state index is 11.0. The molecule has 0 saturated heterocycles. The van der Waals surface area contributed by atoms with Crippen molar-refractivity contribution in [3.05, 3.63) is 41.7 Å². The van der Waals surface area contributed by atoms with E-state index in [4.69, 9.17) is 5.84 Å². The van der Waals surface area contributed by atoms with Gasteiger partial charge in [0.2, 0.25) is 0 Å². The molecule has 0 aliphatic carbocycles. The summed E-state index contributed by atoms with van der Waals surface area (Å²) in [6.45, 7) is -0.0529. The van der Waals surface area contributed by atoms with Crippen molar-refractivity contribution in [3.63, 3.8) is 0 Å². The highest BCUT2D eigenvalue weighted by atomic mass is 16.2. The summed E-state index contributed by atoms with van der Waals surface area (Å²) in [7, 11) is 0. The molecule has 3 N–H and O–H groups in total. The normalized spacial score (nSPS) is 10.7. The quantitative estimate of drug-likeness (QED) is 0.442. The number of carbonyl (C=O) groups excluding carboxylic acids is 1. The van der Waals surface area contributed by atoms with Crippen LogP contribution in [0.5, 0.6) is 0 Å². The first-order valence-electron chi connectivity index (χ1n) is 5.28. The number of nitrogens with zero attached hydrogens (tertiary/aromatic N) is 4. The van der Waals surface area contributed by atoms with E-state index in [-0.39, 0.29) is 12.5 Å². The summed E-state index contributed by atoms with van der Waals surface area (Å²) in [5, 5.41) is 11.5. The number of nitrogens with two attached hydrogens (primary N) is 1. The number of rotatable bonds is 4. The van der Waals surface area contributed by atoms with Gasteiger partial charge in [0.1, 0.15) is 6.54 Å². The number of nitrogens with one attached hydrogen (secondary N) is 1. The van der Waals surface area contributed by atoms with E-state index in [2.05, 4.69) is 15.4 Å². The molecule has 2 rings (SSSR count). The fourth-order valence-electron chi connectivity index (χ4n) is 1.30. The fourth-order valence-corrected chi connectivity index (χ4v) is 1.30. The van der Waals surface area contributed by atoms with Gasteiger partial charge in [-0.15, -0.1) is 10.2 Å². The van der Waals surface area contributed by atoms with Gasteiger partial charge in [-0.3, -0.25) is 10.2 Å². The number of tetrazole rings is 1. The van der Waals surface area contributed by atoms with Crippen LogP contribution in [0.15, 0.2) is 30.3 Å². The largest absolute Gasteiger partial charge is 0.293 e. The molecule has 0 aliphatic heterocycles. The summed E-state index contributed by atoms with van der Waals surface area (Å²) < 4.78 is 0. The molecule has 2 aromatic rings. The Bertz CT molecular complexity index is 548. The zero-order valence-electron chi connectivity index (χ0n) is 9.52. The van der Waals surface area contributed by atoms with Gasteiger partial charge in [-0.1, -0.05) is 36.4 Å². The lowest BCUT2D eigenvalue weighted by molar-refractivity contribution is -0.122. The molecule has 0 unspecified atom stereocenters. The zero-order valence-corrected chi connectivity index (χ0v) is 9.52. The van der Waals surface area contributed by atoms with Gasteiger partial charge in [-0.2, -0.15) is 4.80 Å². The highest BCUT2D eigenvalue weighted by Gasteiger charge is 2.03. The summed E-state index contributed by atoms with van der Waals surface area (Å²) in [6.07, 6.45) is 3.59. The third kappa shape index (κ3) is 3.22. The van der Waals surface area contributed by atoms with Gasteiger partial charge in [0.05, 0.1) is 0 Å². The Kier molecular flexibility index (Phi) is 3.77. The molecule has 0 radical (unpaired) electrons. The molecule has 0 saturated carbocycles. The van der Waals surface area contributed by atoms with Gasteiger partial charge in [0, 0.05) is 0 Å². The average Bonchev–Trinajstić information content (AvgIpc) is 2.85. The summed E-state index contributed by atoms with van der Waals surface area (Å²) in [5.74, 6) is 5.01. The number of hydrogen-bond donors (Lipinski definition) is 2. The molecule has 1 heterocycles. The molecule has 1 amide bonds. The van der Waals surface area contributed by atoms with Gasteiger partial charge < -0.3 is 0 Å². The van der Waals surface area contributed by atoms with Crippen LogP contribution in [-0.4, -0.2) is 26.1 Å². The Hall–Kier alpha value is -2.54. The van der Waals surface area contributed by atoms with Crippen LogP contribution in [0.25, 0.3) is 12.2 Å². The van der Waals surface area contributed by atoms with Crippen LogP contribution in [0.4, 0.5) is 0 Å². The van der Waals surface area contributed by atoms with E-state index < -0.39 is 0 Å². The molecular formula is C11H12N6O. The summed E-state index contributed by atoms with van der Waals surface area (Å²) >= 11 is 0. The molecule has 1 aromatic heterocycles. The zero-order chi connectivity index (χ0) is 12.8.